The third-order valence-electron chi connectivity index (χ3n) is 4.29. The van der Waals surface area contributed by atoms with Crippen molar-refractivity contribution in [2.75, 3.05) is 6.61 Å². The van der Waals surface area contributed by atoms with Crippen LogP contribution in [0.1, 0.15) is 23.8 Å². The maximum absolute atomic E-state index is 12.3. The van der Waals surface area contributed by atoms with Crippen molar-refractivity contribution in [3.8, 4) is 17.6 Å². The molecular weight excluding hydrogens is 416 g/mol. The molecule has 0 bridgehead atoms. The number of nitrogens with one attached hydrogen (secondary N) is 1. The Morgan fingerprint density at radius 2 is 2.00 bits per heavy atom. The number of benzene rings is 2. The first kappa shape index (κ1) is 22.0. The number of carbonyl (C=O) groups excluding carboxylic acids is 1. The van der Waals surface area contributed by atoms with Crippen LogP contribution in [0.25, 0.3) is 6.08 Å². The van der Waals surface area contributed by atoms with Crippen molar-refractivity contribution in [3.05, 3.63) is 88.3 Å². The molecule has 0 spiro atoms. The molecule has 0 atom stereocenters. The van der Waals surface area contributed by atoms with Crippen molar-refractivity contribution in [1.29, 1.82) is 5.26 Å². The van der Waals surface area contributed by atoms with Gasteiger partial charge in [-0.2, -0.15) is 5.26 Å². The van der Waals surface area contributed by atoms with Crippen molar-refractivity contribution >= 4 is 23.6 Å². The number of rotatable bonds is 9. The Morgan fingerprint density at radius 1 is 1.16 bits per heavy atom. The van der Waals surface area contributed by atoms with Gasteiger partial charge in [-0.3, -0.25) is 4.79 Å². The lowest BCUT2D eigenvalue weighted by molar-refractivity contribution is -0.117. The average Bonchev–Trinajstić information content (AvgIpc) is 3.30. The second kappa shape index (κ2) is 10.9. The van der Waals surface area contributed by atoms with Gasteiger partial charge >= 0.3 is 0 Å². The molecule has 0 fully saturated rings. The number of hydrogen-bond donors (Lipinski definition) is 1. The van der Waals surface area contributed by atoms with Crippen molar-refractivity contribution in [1.82, 2.24) is 5.32 Å². The lowest BCUT2D eigenvalue weighted by atomic mass is 10.1. The van der Waals surface area contributed by atoms with Gasteiger partial charge in [-0.05, 0) is 48.9 Å². The van der Waals surface area contributed by atoms with Crippen LogP contribution in [0.5, 0.6) is 11.5 Å². The third-order valence-corrected chi connectivity index (χ3v) is 4.66. The molecule has 0 saturated heterocycles. The predicted molar refractivity (Wildman–Crippen MR) is 118 cm³/mol. The number of ether oxygens (including phenoxy) is 2. The molecule has 0 unspecified atom stereocenters. The van der Waals surface area contributed by atoms with Gasteiger partial charge in [-0.1, -0.05) is 35.9 Å². The van der Waals surface area contributed by atoms with Gasteiger partial charge in [0, 0.05) is 10.6 Å². The highest BCUT2D eigenvalue weighted by Gasteiger charge is 2.12. The Balaban J connectivity index is 1.74. The largest absolute Gasteiger partial charge is 0.490 e. The molecule has 0 saturated carbocycles. The zero-order valence-electron chi connectivity index (χ0n) is 16.9. The van der Waals surface area contributed by atoms with Crippen LogP contribution < -0.4 is 14.8 Å². The smallest absolute Gasteiger partial charge is 0.262 e. The lowest BCUT2D eigenvalue weighted by Gasteiger charge is -2.13. The third kappa shape index (κ3) is 6.14. The summed E-state index contributed by atoms with van der Waals surface area (Å²) in [6, 6.07) is 18.1. The number of halogens is 1. The van der Waals surface area contributed by atoms with Crippen LogP contribution in [-0.2, 0) is 17.9 Å². The van der Waals surface area contributed by atoms with E-state index in [0.29, 0.717) is 34.5 Å². The molecule has 2 aromatic carbocycles. The van der Waals surface area contributed by atoms with Crippen molar-refractivity contribution in [3.63, 3.8) is 0 Å². The number of nitrogens with zero attached hydrogens (tertiary/aromatic N) is 1. The van der Waals surface area contributed by atoms with Gasteiger partial charge in [0.2, 0.25) is 0 Å². The number of furan rings is 1. The molecule has 0 aliphatic heterocycles. The summed E-state index contributed by atoms with van der Waals surface area (Å²) in [6.45, 7) is 2.78. The Bertz CT molecular complexity index is 1100. The summed E-state index contributed by atoms with van der Waals surface area (Å²) >= 11 is 6.18. The molecule has 1 amide bonds. The van der Waals surface area contributed by atoms with Crippen LogP contribution in [0.2, 0.25) is 5.02 Å². The summed E-state index contributed by atoms with van der Waals surface area (Å²) in [7, 11) is 0. The Hall–Kier alpha value is -3.69. The zero-order valence-corrected chi connectivity index (χ0v) is 17.7. The Morgan fingerprint density at radius 3 is 2.71 bits per heavy atom. The van der Waals surface area contributed by atoms with Crippen LogP contribution in [0.15, 0.2) is 70.9 Å². The molecule has 3 aromatic rings. The van der Waals surface area contributed by atoms with Crippen LogP contribution in [0.3, 0.4) is 0 Å². The minimum Gasteiger partial charge on any atom is -0.490 e. The van der Waals surface area contributed by atoms with Crippen molar-refractivity contribution < 1.29 is 18.7 Å². The summed E-state index contributed by atoms with van der Waals surface area (Å²) < 4.78 is 16.7. The van der Waals surface area contributed by atoms with Crippen LogP contribution in [-0.4, -0.2) is 12.5 Å². The maximum atomic E-state index is 12.3. The van der Waals surface area contributed by atoms with Crippen molar-refractivity contribution in [2.45, 2.75) is 20.1 Å². The molecule has 1 N–H and O–H groups in total. The van der Waals surface area contributed by atoms with E-state index >= 15 is 0 Å². The number of carbonyl (C=O) groups is 1. The SMILES string of the molecule is CCOc1cc(/C=C(\C#N)C(=O)NCc2ccco2)ccc1OCc1ccccc1Cl. The fraction of sp³-hybridized carbons (Fsp3) is 0.167. The first-order valence-electron chi connectivity index (χ1n) is 9.66. The minimum atomic E-state index is -0.490. The van der Waals surface area contributed by atoms with Gasteiger partial charge < -0.3 is 19.2 Å². The van der Waals surface area contributed by atoms with E-state index in [2.05, 4.69) is 5.32 Å². The molecule has 7 heteroatoms. The van der Waals surface area contributed by atoms with Crippen LogP contribution >= 0.6 is 11.6 Å². The highest BCUT2D eigenvalue weighted by molar-refractivity contribution is 6.31. The summed E-state index contributed by atoms with van der Waals surface area (Å²) in [5.41, 5.74) is 1.47. The fourth-order valence-electron chi connectivity index (χ4n) is 2.76. The second-order valence-corrected chi connectivity index (χ2v) is 6.86. The lowest BCUT2D eigenvalue weighted by Crippen LogP contribution is -2.23. The van der Waals surface area contributed by atoms with Crippen molar-refractivity contribution in [2.24, 2.45) is 0 Å². The molecule has 0 aliphatic rings. The van der Waals surface area contributed by atoms with Gasteiger partial charge in [0.05, 0.1) is 19.4 Å². The Kier molecular flexibility index (Phi) is 7.74. The van der Waals surface area contributed by atoms with E-state index in [-0.39, 0.29) is 18.7 Å². The minimum absolute atomic E-state index is 0.0289. The zero-order chi connectivity index (χ0) is 22.1. The summed E-state index contributed by atoms with van der Waals surface area (Å²) in [5, 5.41) is 12.7. The quantitative estimate of drug-likeness (QED) is 0.371. The number of hydrogen-bond acceptors (Lipinski definition) is 5. The van der Waals surface area contributed by atoms with Gasteiger partial charge in [-0.25, -0.2) is 0 Å². The molecule has 1 heterocycles. The second-order valence-electron chi connectivity index (χ2n) is 6.45. The standard InChI is InChI=1S/C24H21ClN2O4/c1-2-29-23-13-17(9-10-22(23)31-16-18-6-3-4-8-21(18)25)12-19(14-26)24(28)27-15-20-7-5-11-30-20/h3-13H,2,15-16H2,1H3,(H,27,28)/b19-12+. The van der Waals surface area contributed by atoms with Gasteiger partial charge in [0.25, 0.3) is 5.91 Å². The molecule has 6 nitrogen and oxygen atoms in total. The van der Waals surface area contributed by atoms with E-state index in [1.807, 2.05) is 31.2 Å². The van der Waals surface area contributed by atoms with Gasteiger partial charge in [0.15, 0.2) is 11.5 Å². The predicted octanol–water partition coefficient (Wildman–Crippen LogP) is 5.13. The molecule has 0 radical (unpaired) electrons. The molecule has 1 aromatic heterocycles. The van der Waals surface area contributed by atoms with E-state index in [1.165, 1.54) is 12.3 Å². The maximum Gasteiger partial charge on any atom is 0.262 e. The van der Waals surface area contributed by atoms with Gasteiger partial charge in [-0.15, -0.1) is 0 Å². The normalized spacial score (nSPS) is 10.9. The van der Waals surface area contributed by atoms with Crippen LogP contribution in [0, 0.1) is 11.3 Å². The highest BCUT2D eigenvalue weighted by atomic mass is 35.5. The van der Waals surface area contributed by atoms with Gasteiger partial charge in [0.1, 0.15) is 24.0 Å². The van der Waals surface area contributed by atoms with E-state index in [1.54, 1.807) is 36.4 Å². The molecular formula is C24H21ClN2O4. The van der Waals surface area contributed by atoms with E-state index in [4.69, 9.17) is 25.5 Å². The number of amides is 1. The van der Waals surface area contributed by atoms with E-state index in [0.717, 1.165) is 5.56 Å². The Labute approximate surface area is 185 Å². The fourth-order valence-corrected chi connectivity index (χ4v) is 2.95. The van der Waals surface area contributed by atoms with E-state index < -0.39 is 5.91 Å². The number of nitriles is 1. The summed E-state index contributed by atoms with van der Waals surface area (Å²) in [4.78, 5) is 12.3. The molecule has 31 heavy (non-hydrogen) atoms. The first-order valence-corrected chi connectivity index (χ1v) is 10.0. The van der Waals surface area contributed by atoms with Crippen LogP contribution in [0.4, 0.5) is 0 Å². The van der Waals surface area contributed by atoms with E-state index in [9.17, 15) is 10.1 Å². The molecule has 158 valence electrons. The average molecular weight is 437 g/mol. The topological polar surface area (TPSA) is 84.5 Å². The summed E-state index contributed by atoms with van der Waals surface area (Å²) in [5.74, 6) is 1.16. The first-order chi connectivity index (χ1) is 15.1. The molecule has 3 rings (SSSR count). The summed E-state index contributed by atoms with van der Waals surface area (Å²) in [6.07, 6.45) is 3.02. The molecule has 0 aliphatic carbocycles. The highest BCUT2D eigenvalue weighted by Crippen LogP contribution is 2.30. The monoisotopic (exact) mass is 436 g/mol.